The topological polar surface area (TPSA) is 0 Å². The van der Waals surface area contributed by atoms with E-state index < -0.39 is 0 Å². The zero-order chi connectivity index (χ0) is 33.9. The molecule has 12 rings (SSSR count). The summed E-state index contributed by atoms with van der Waals surface area (Å²) in [5.74, 6) is 0. The maximum absolute atomic E-state index is 2.46. The van der Waals surface area contributed by atoms with Crippen molar-refractivity contribution in [2.24, 2.45) is 0 Å². The summed E-state index contributed by atoms with van der Waals surface area (Å²) in [6, 6.07) is 63.7. The van der Waals surface area contributed by atoms with Gasteiger partial charge in [-0.1, -0.05) is 146 Å². The third-order valence-electron chi connectivity index (χ3n) is 11.7. The number of fused-ring (bicyclic) bond motifs is 17. The van der Waals surface area contributed by atoms with Gasteiger partial charge < -0.3 is 0 Å². The minimum atomic E-state index is 0.940. The Labute approximate surface area is 304 Å². The van der Waals surface area contributed by atoms with E-state index in [1.165, 1.54) is 119 Å². The summed E-state index contributed by atoms with van der Waals surface area (Å²) in [7, 11) is 0. The molecule has 0 radical (unpaired) electrons. The van der Waals surface area contributed by atoms with E-state index in [4.69, 9.17) is 0 Å². The van der Waals surface area contributed by atoms with Gasteiger partial charge in [-0.25, -0.2) is 0 Å². The Morgan fingerprint density at radius 1 is 0.346 bits per heavy atom. The third-order valence-corrected chi connectivity index (χ3v) is 12.8. The fourth-order valence-electron chi connectivity index (χ4n) is 9.38. The maximum Gasteiger partial charge on any atom is 0.0362 e. The highest BCUT2D eigenvalue weighted by Gasteiger charge is 2.26. The third kappa shape index (κ3) is 3.92. The average molecular weight is 675 g/mol. The predicted molar refractivity (Wildman–Crippen MR) is 226 cm³/mol. The molecule has 0 N–H and O–H groups in total. The fraction of sp³-hybridized carbons (Fsp3) is 0.0196. The molecule has 0 atom stereocenters. The molecule has 0 amide bonds. The van der Waals surface area contributed by atoms with Crippen molar-refractivity contribution in [3.63, 3.8) is 0 Å². The Hall–Kier alpha value is -6.28. The molecular formula is C51H30S. The van der Waals surface area contributed by atoms with Crippen LogP contribution in [0.1, 0.15) is 11.1 Å². The molecule has 1 heteroatoms. The molecule has 0 nitrogen and oxygen atoms in total. The Bertz CT molecular complexity index is 3320. The van der Waals surface area contributed by atoms with E-state index in [1.807, 2.05) is 11.3 Å². The van der Waals surface area contributed by atoms with E-state index in [0.29, 0.717) is 0 Å². The van der Waals surface area contributed by atoms with Gasteiger partial charge in [-0.2, -0.15) is 0 Å². The molecule has 52 heavy (non-hydrogen) atoms. The van der Waals surface area contributed by atoms with Gasteiger partial charge in [-0.05, 0) is 129 Å². The lowest BCUT2D eigenvalue weighted by atomic mass is 9.89. The summed E-state index contributed by atoms with van der Waals surface area (Å²) in [5.41, 5.74) is 10.7. The van der Waals surface area contributed by atoms with Gasteiger partial charge in [0.25, 0.3) is 0 Å². The summed E-state index contributed by atoms with van der Waals surface area (Å²) in [6.07, 6.45) is 0.940. The smallest absolute Gasteiger partial charge is 0.0362 e. The molecule has 1 aromatic heterocycles. The predicted octanol–water partition coefficient (Wildman–Crippen LogP) is 14.7. The number of rotatable bonds is 2. The molecular weight excluding hydrogens is 645 g/mol. The minimum Gasteiger partial charge on any atom is -0.135 e. The van der Waals surface area contributed by atoms with Gasteiger partial charge in [-0.3, -0.25) is 0 Å². The van der Waals surface area contributed by atoms with Gasteiger partial charge in [0.2, 0.25) is 0 Å². The summed E-state index contributed by atoms with van der Waals surface area (Å²) >= 11 is 1.91. The van der Waals surface area contributed by atoms with Crippen LogP contribution in [-0.2, 0) is 6.42 Å². The second kappa shape index (κ2) is 10.6. The molecule has 10 aromatic carbocycles. The van der Waals surface area contributed by atoms with E-state index in [9.17, 15) is 0 Å². The highest BCUT2D eigenvalue weighted by molar-refractivity contribution is 7.26. The Balaban J connectivity index is 1.03. The van der Waals surface area contributed by atoms with Crippen molar-refractivity contribution in [2.45, 2.75) is 6.42 Å². The van der Waals surface area contributed by atoms with Crippen LogP contribution in [0.4, 0.5) is 0 Å². The van der Waals surface area contributed by atoms with Crippen LogP contribution in [0.5, 0.6) is 0 Å². The number of thiophene rings is 1. The van der Waals surface area contributed by atoms with Crippen molar-refractivity contribution in [3.05, 3.63) is 181 Å². The number of hydrogen-bond acceptors (Lipinski definition) is 1. The summed E-state index contributed by atoms with van der Waals surface area (Å²) in [4.78, 5) is 0. The molecule has 1 aliphatic rings. The van der Waals surface area contributed by atoms with E-state index in [2.05, 4.69) is 170 Å². The second-order valence-corrected chi connectivity index (χ2v) is 15.4. The highest BCUT2D eigenvalue weighted by Crippen LogP contribution is 2.50. The number of benzene rings is 10. The number of hydrogen-bond donors (Lipinski definition) is 0. The van der Waals surface area contributed by atoms with E-state index in [0.717, 1.165) is 6.42 Å². The molecule has 0 saturated heterocycles. The monoisotopic (exact) mass is 674 g/mol. The van der Waals surface area contributed by atoms with Gasteiger partial charge in [0.1, 0.15) is 0 Å². The molecule has 0 spiro atoms. The van der Waals surface area contributed by atoms with E-state index in [1.54, 1.807) is 0 Å². The van der Waals surface area contributed by atoms with Crippen LogP contribution in [0.2, 0.25) is 0 Å². The van der Waals surface area contributed by atoms with Crippen LogP contribution in [0.25, 0.3) is 107 Å². The van der Waals surface area contributed by atoms with Gasteiger partial charge in [0.15, 0.2) is 0 Å². The maximum atomic E-state index is 2.46. The molecule has 0 unspecified atom stereocenters. The highest BCUT2D eigenvalue weighted by atomic mass is 32.1. The largest absolute Gasteiger partial charge is 0.135 e. The molecule has 0 bridgehead atoms. The molecule has 1 heterocycles. The van der Waals surface area contributed by atoms with Crippen LogP contribution < -0.4 is 0 Å². The molecule has 0 aliphatic heterocycles. The summed E-state index contributed by atoms with van der Waals surface area (Å²) in [5, 5.41) is 16.0. The van der Waals surface area contributed by atoms with Crippen molar-refractivity contribution in [2.75, 3.05) is 0 Å². The van der Waals surface area contributed by atoms with E-state index >= 15 is 0 Å². The standard InChI is InChI=1S/C51H30S/c1-2-13-35-30(10-1)20-23-39-37-14-3-4-15-38(37)44(29-45(35)39)33-12-9-11-31(26-33)32-21-22-36-34(27-32)28-46-42-24-25-48-51(43-18-7-8-19-47(43)52-48)50(42)41-17-6-5-16-40(41)49(36)46/h1-27,29H,28H2. The first-order chi connectivity index (χ1) is 25.8. The first-order valence-corrected chi connectivity index (χ1v) is 18.9. The molecule has 1 aliphatic carbocycles. The van der Waals surface area contributed by atoms with E-state index in [-0.39, 0.29) is 0 Å². The SMILES string of the molecule is c1cc(-c2ccc3c(c2)Cc2c-3c3ccccc3c3c2ccc2sc4ccccc4c23)cc(-c2cc3c4ccccc4ccc3c3ccccc23)c1. The average Bonchev–Trinajstić information content (AvgIpc) is 3.79. The van der Waals surface area contributed by atoms with Crippen LogP contribution in [0, 0.1) is 0 Å². The zero-order valence-corrected chi connectivity index (χ0v) is 29.1. The fourth-order valence-corrected chi connectivity index (χ4v) is 10.5. The van der Waals surface area contributed by atoms with Crippen molar-refractivity contribution in [1.82, 2.24) is 0 Å². The van der Waals surface area contributed by atoms with Crippen LogP contribution in [0.15, 0.2) is 170 Å². The lowest BCUT2D eigenvalue weighted by Gasteiger charge is -2.14. The second-order valence-electron chi connectivity index (χ2n) is 14.3. The van der Waals surface area contributed by atoms with Crippen molar-refractivity contribution < 1.29 is 0 Å². The molecule has 11 aromatic rings. The quantitative estimate of drug-likeness (QED) is 0.160. The normalized spacial score (nSPS) is 12.5. The van der Waals surface area contributed by atoms with Gasteiger partial charge in [-0.15, -0.1) is 11.3 Å². The van der Waals surface area contributed by atoms with Gasteiger partial charge >= 0.3 is 0 Å². The first kappa shape index (κ1) is 28.4. The van der Waals surface area contributed by atoms with Gasteiger partial charge in [0.05, 0.1) is 0 Å². The molecule has 240 valence electrons. The van der Waals surface area contributed by atoms with Crippen LogP contribution in [-0.4, -0.2) is 0 Å². The minimum absolute atomic E-state index is 0.940. The van der Waals surface area contributed by atoms with Crippen molar-refractivity contribution in [1.29, 1.82) is 0 Å². The van der Waals surface area contributed by atoms with Crippen LogP contribution >= 0.6 is 11.3 Å². The Morgan fingerprint density at radius 2 is 1.04 bits per heavy atom. The van der Waals surface area contributed by atoms with Crippen molar-refractivity contribution in [3.8, 4) is 33.4 Å². The summed E-state index contributed by atoms with van der Waals surface area (Å²) < 4.78 is 2.72. The van der Waals surface area contributed by atoms with Gasteiger partial charge in [0, 0.05) is 20.2 Å². The first-order valence-electron chi connectivity index (χ1n) is 18.1. The Kier molecular flexibility index (Phi) is 5.80. The molecule has 0 saturated carbocycles. The molecule has 0 fully saturated rings. The summed E-state index contributed by atoms with van der Waals surface area (Å²) in [6.45, 7) is 0. The van der Waals surface area contributed by atoms with Crippen LogP contribution in [0.3, 0.4) is 0 Å². The Morgan fingerprint density at radius 3 is 1.94 bits per heavy atom. The zero-order valence-electron chi connectivity index (χ0n) is 28.3. The lowest BCUT2D eigenvalue weighted by molar-refractivity contribution is 1.29. The van der Waals surface area contributed by atoms with Crippen molar-refractivity contribution >= 4 is 85.4 Å². The lowest BCUT2D eigenvalue weighted by Crippen LogP contribution is -1.88.